The fourth-order valence-corrected chi connectivity index (χ4v) is 8.76. The Hall–Kier alpha value is -1.79. The number of cyclic esters (lactones) is 1. The summed E-state index contributed by atoms with van der Waals surface area (Å²) < 4.78 is 43.6. The van der Waals surface area contributed by atoms with E-state index in [0.717, 1.165) is 0 Å². The highest BCUT2D eigenvalue weighted by atomic mass is 16.7. The van der Waals surface area contributed by atoms with Gasteiger partial charge in [0.15, 0.2) is 18.7 Å². The molecule has 15 heteroatoms. The lowest BCUT2D eigenvalue weighted by atomic mass is 9.74. The van der Waals surface area contributed by atoms with E-state index in [-0.39, 0.29) is 37.8 Å². The quantitative estimate of drug-likeness (QED) is 0.249. The molecule has 0 aromatic rings. The first-order chi connectivity index (χ1) is 25.4. The Bertz CT molecular complexity index is 1290. The fraction of sp³-hybridized carbons (Fsp3) is 0.925. The topological polar surface area (TPSA) is 200 Å². The maximum absolute atomic E-state index is 14.2. The van der Waals surface area contributed by atoms with Crippen LogP contribution in [-0.4, -0.2) is 149 Å². The zero-order chi connectivity index (χ0) is 42.0. The highest BCUT2D eigenvalue weighted by Crippen LogP contribution is 2.41. The average Bonchev–Trinajstić information content (AvgIpc) is 3.11. The Morgan fingerprint density at radius 1 is 0.891 bits per heavy atom. The number of ketones is 1. The van der Waals surface area contributed by atoms with Gasteiger partial charge < -0.3 is 58.5 Å². The summed E-state index contributed by atoms with van der Waals surface area (Å²) in [6.45, 7) is 18.0. The summed E-state index contributed by atoms with van der Waals surface area (Å²) in [6, 6.07) is -0.319. The first kappa shape index (κ1) is 47.6. The van der Waals surface area contributed by atoms with Crippen molar-refractivity contribution in [1.29, 1.82) is 0 Å². The molecule has 2 unspecified atom stereocenters. The smallest absolute Gasteiger partial charge is 0.311 e. The van der Waals surface area contributed by atoms with Crippen molar-refractivity contribution in [3.05, 3.63) is 0 Å². The lowest BCUT2D eigenvalue weighted by Crippen LogP contribution is -2.61. The first-order valence-corrected chi connectivity index (χ1v) is 19.9. The normalized spacial score (nSPS) is 46.9. The van der Waals surface area contributed by atoms with Crippen molar-refractivity contribution in [1.82, 2.24) is 4.90 Å². The molecule has 0 amide bonds. The molecule has 18 atom stereocenters. The second-order valence-electron chi connectivity index (χ2n) is 17.3. The van der Waals surface area contributed by atoms with Crippen molar-refractivity contribution in [3.8, 4) is 0 Å². The molecule has 0 aliphatic carbocycles. The molecule has 15 nitrogen and oxygen atoms in total. The Balaban J connectivity index is 2.24. The van der Waals surface area contributed by atoms with Gasteiger partial charge in [0.05, 0.1) is 53.7 Å². The van der Waals surface area contributed by atoms with Gasteiger partial charge in [-0.3, -0.25) is 14.4 Å². The Labute approximate surface area is 327 Å². The van der Waals surface area contributed by atoms with Gasteiger partial charge in [-0.2, -0.15) is 0 Å². The molecule has 3 aliphatic heterocycles. The molecule has 55 heavy (non-hydrogen) atoms. The molecule has 3 fully saturated rings. The highest BCUT2D eigenvalue weighted by molar-refractivity contribution is 5.83. The standard InChI is InChI=1S/C40H71NO14/c1-15-27-40(11,48)33(44)22(5)30(43)20(3)18-38(9,47)35(55-37-32(53-28(42)16-2)26(41(12)13)17-21(4)50-37)23(6)31(24(7)36(46)52-27)54-29-19-39(10,49-14)34(45)25(8)51-29/h20-27,29,31-35,37,44-45,47-48H,15-19H2,1-14H3/t20-,21-,22+,23+,24-,25-,26+,27-,29?,31+,32-,33-,34-,35-,37?,38-,39+,40-/m1/s1. The van der Waals surface area contributed by atoms with E-state index in [2.05, 4.69) is 0 Å². The van der Waals surface area contributed by atoms with Crippen molar-refractivity contribution in [2.24, 2.45) is 23.7 Å². The summed E-state index contributed by atoms with van der Waals surface area (Å²) in [4.78, 5) is 42.9. The summed E-state index contributed by atoms with van der Waals surface area (Å²) in [5.41, 5.74) is -4.92. The van der Waals surface area contributed by atoms with Crippen LogP contribution in [0.1, 0.15) is 108 Å². The van der Waals surface area contributed by atoms with Crippen LogP contribution >= 0.6 is 0 Å². The van der Waals surface area contributed by atoms with Gasteiger partial charge in [0.25, 0.3) is 0 Å². The molecular formula is C40H71NO14. The third kappa shape index (κ3) is 10.6. The minimum Gasteiger partial charge on any atom is -0.459 e. The van der Waals surface area contributed by atoms with Crippen molar-refractivity contribution >= 4 is 17.7 Å². The van der Waals surface area contributed by atoms with Crippen LogP contribution in [0.2, 0.25) is 0 Å². The molecule has 3 rings (SSSR count). The molecule has 3 heterocycles. The van der Waals surface area contributed by atoms with Crippen LogP contribution in [0.25, 0.3) is 0 Å². The second kappa shape index (κ2) is 18.9. The Morgan fingerprint density at radius 3 is 2.05 bits per heavy atom. The summed E-state index contributed by atoms with van der Waals surface area (Å²) in [6.07, 6.45) is -9.68. The molecule has 0 spiro atoms. The average molecular weight is 790 g/mol. The van der Waals surface area contributed by atoms with E-state index in [1.54, 1.807) is 48.5 Å². The third-order valence-electron chi connectivity index (χ3n) is 12.4. The number of carbonyl (C=O) groups excluding carboxylic acids is 3. The molecule has 0 bridgehead atoms. The fourth-order valence-electron chi connectivity index (χ4n) is 8.76. The number of hydrogen-bond acceptors (Lipinski definition) is 15. The molecule has 0 saturated carbocycles. The lowest BCUT2D eigenvalue weighted by Gasteiger charge is -2.49. The lowest BCUT2D eigenvalue weighted by molar-refractivity contribution is -0.319. The number of aliphatic hydroxyl groups excluding tert-OH is 2. The van der Waals surface area contributed by atoms with Gasteiger partial charge in [-0.25, -0.2) is 0 Å². The monoisotopic (exact) mass is 789 g/mol. The van der Waals surface area contributed by atoms with E-state index < -0.39 is 114 Å². The van der Waals surface area contributed by atoms with E-state index in [4.69, 9.17) is 33.2 Å². The first-order valence-electron chi connectivity index (χ1n) is 19.9. The van der Waals surface area contributed by atoms with E-state index in [0.29, 0.717) is 6.42 Å². The van der Waals surface area contributed by atoms with Gasteiger partial charge in [-0.15, -0.1) is 0 Å². The predicted octanol–water partition coefficient (Wildman–Crippen LogP) is 2.75. The number of hydrogen-bond donors (Lipinski definition) is 4. The van der Waals surface area contributed by atoms with E-state index >= 15 is 0 Å². The van der Waals surface area contributed by atoms with Gasteiger partial charge >= 0.3 is 11.9 Å². The van der Waals surface area contributed by atoms with Crippen LogP contribution < -0.4 is 0 Å². The third-order valence-corrected chi connectivity index (χ3v) is 12.4. The maximum atomic E-state index is 14.2. The van der Waals surface area contributed by atoms with Crippen LogP contribution in [0.3, 0.4) is 0 Å². The molecule has 0 aromatic carbocycles. The molecule has 3 aliphatic rings. The van der Waals surface area contributed by atoms with Gasteiger partial charge in [-0.1, -0.05) is 34.6 Å². The number of rotatable bonds is 9. The molecule has 0 aromatic heterocycles. The van der Waals surface area contributed by atoms with Crippen LogP contribution in [0.5, 0.6) is 0 Å². The largest absolute Gasteiger partial charge is 0.459 e. The van der Waals surface area contributed by atoms with Gasteiger partial charge in [0, 0.05) is 37.7 Å². The van der Waals surface area contributed by atoms with Crippen LogP contribution in [0, 0.1) is 23.7 Å². The summed E-state index contributed by atoms with van der Waals surface area (Å²) in [5, 5.41) is 46.6. The van der Waals surface area contributed by atoms with Crippen molar-refractivity contribution < 1.29 is 68.0 Å². The number of methoxy groups -OCH3 is 1. The maximum Gasteiger partial charge on any atom is 0.311 e. The predicted molar refractivity (Wildman–Crippen MR) is 200 cm³/mol. The Kier molecular flexibility index (Phi) is 16.3. The number of carbonyl (C=O) groups is 3. The molecule has 3 saturated heterocycles. The van der Waals surface area contributed by atoms with E-state index in [1.165, 1.54) is 27.9 Å². The van der Waals surface area contributed by atoms with Crippen LogP contribution in [0.4, 0.5) is 0 Å². The SMILES string of the molecule is CCC(=O)O[C@H]1C(O[C@@H]2[C@@H](C)[C@H](OC3C[C@](C)(OC)[C@H](O)[C@@H](C)O3)[C@@H](C)C(=O)O[C@H](CC)[C@@](C)(O)[C@H](O)[C@@H](C)C(=O)[C@H](C)C[C@@]2(C)O)O[C@H](C)C[C@@H]1N(C)C. The zero-order valence-corrected chi connectivity index (χ0v) is 35.5. The Morgan fingerprint density at radius 2 is 1.51 bits per heavy atom. The van der Waals surface area contributed by atoms with Gasteiger partial charge in [0.2, 0.25) is 0 Å². The summed E-state index contributed by atoms with van der Waals surface area (Å²) in [5.74, 6) is -5.59. The number of ether oxygens (including phenoxy) is 7. The second-order valence-corrected chi connectivity index (χ2v) is 17.3. The molecule has 0 radical (unpaired) electrons. The number of likely N-dealkylation sites (N-methyl/N-ethyl adjacent to an activating group) is 1. The van der Waals surface area contributed by atoms with Crippen molar-refractivity contribution in [2.75, 3.05) is 21.2 Å². The minimum atomic E-state index is -2.01. The summed E-state index contributed by atoms with van der Waals surface area (Å²) in [7, 11) is 5.21. The van der Waals surface area contributed by atoms with Crippen molar-refractivity contribution in [2.45, 2.75) is 193 Å². The molecule has 320 valence electrons. The zero-order valence-electron chi connectivity index (χ0n) is 35.5. The van der Waals surface area contributed by atoms with Crippen LogP contribution in [-0.2, 0) is 47.5 Å². The highest BCUT2D eigenvalue weighted by Gasteiger charge is 2.54. The van der Waals surface area contributed by atoms with Crippen molar-refractivity contribution in [3.63, 3.8) is 0 Å². The minimum absolute atomic E-state index is 0.0760. The molecular weight excluding hydrogens is 718 g/mol. The van der Waals surface area contributed by atoms with Crippen LogP contribution in [0.15, 0.2) is 0 Å². The van der Waals surface area contributed by atoms with Gasteiger partial charge in [-0.05, 0) is 74.9 Å². The number of nitrogens with zero attached hydrogens (tertiary/aromatic N) is 1. The van der Waals surface area contributed by atoms with E-state index in [9.17, 15) is 34.8 Å². The van der Waals surface area contributed by atoms with E-state index in [1.807, 2.05) is 25.9 Å². The number of esters is 2. The number of aliphatic hydroxyl groups is 4. The molecule has 4 N–H and O–H groups in total. The summed E-state index contributed by atoms with van der Waals surface area (Å²) >= 11 is 0. The van der Waals surface area contributed by atoms with Gasteiger partial charge in [0.1, 0.15) is 23.6 Å². The number of Topliss-reactive ketones (excluding diaryl/α,β-unsaturated/α-hetero) is 1.